The third-order valence-corrected chi connectivity index (χ3v) is 5.55. The Hall–Kier alpha value is -3.67. The lowest BCUT2D eigenvalue weighted by Crippen LogP contribution is -2.28. The maximum absolute atomic E-state index is 13.3. The van der Waals surface area contributed by atoms with Crippen LogP contribution in [0.1, 0.15) is 28.8 Å². The third kappa shape index (κ3) is 3.30. The van der Waals surface area contributed by atoms with E-state index < -0.39 is 0 Å². The van der Waals surface area contributed by atoms with E-state index in [1.807, 2.05) is 48.2 Å². The minimum Gasteiger partial charge on any atom is -0.339 e. The molecule has 0 saturated carbocycles. The van der Waals surface area contributed by atoms with E-state index in [0.717, 1.165) is 53.5 Å². The van der Waals surface area contributed by atoms with Gasteiger partial charge < -0.3 is 4.90 Å². The van der Waals surface area contributed by atoms with E-state index in [1.54, 1.807) is 24.8 Å². The summed E-state index contributed by atoms with van der Waals surface area (Å²) in [4.78, 5) is 33.1. The molecule has 0 bridgehead atoms. The molecule has 148 valence electrons. The number of aromatic nitrogens is 4. The molecule has 3 aromatic heterocycles. The number of amides is 1. The van der Waals surface area contributed by atoms with Crippen molar-refractivity contribution in [2.75, 3.05) is 13.1 Å². The van der Waals surface area contributed by atoms with Gasteiger partial charge in [-0.2, -0.15) is 0 Å². The van der Waals surface area contributed by atoms with Crippen molar-refractivity contribution in [3.8, 4) is 22.6 Å². The second-order valence-corrected chi connectivity index (χ2v) is 7.56. The van der Waals surface area contributed by atoms with Gasteiger partial charge in [-0.1, -0.05) is 18.2 Å². The minimum absolute atomic E-state index is 0.0704. The van der Waals surface area contributed by atoms with Crippen LogP contribution in [-0.4, -0.2) is 43.8 Å². The summed E-state index contributed by atoms with van der Waals surface area (Å²) in [7, 11) is 0. The normalized spacial score (nSPS) is 13.7. The van der Waals surface area contributed by atoms with E-state index in [0.29, 0.717) is 17.1 Å². The van der Waals surface area contributed by atoms with Crippen molar-refractivity contribution in [2.45, 2.75) is 19.8 Å². The lowest BCUT2D eigenvalue weighted by Gasteiger charge is -2.18. The first-order valence-corrected chi connectivity index (χ1v) is 10.1. The molecule has 1 amide bonds. The Labute approximate surface area is 174 Å². The summed E-state index contributed by atoms with van der Waals surface area (Å²) in [5.41, 5.74) is 4.98. The first-order valence-electron chi connectivity index (χ1n) is 10.1. The Balaban J connectivity index is 1.61. The number of hydrogen-bond acceptors (Lipinski definition) is 5. The van der Waals surface area contributed by atoms with Crippen LogP contribution in [0.5, 0.6) is 0 Å². The van der Waals surface area contributed by atoms with Crippen molar-refractivity contribution in [2.24, 2.45) is 0 Å². The Morgan fingerprint density at radius 1 is 0.967 bits per heavy atom. The zero-order valence-electron chi connectivity index (χ0n) is 16.7. The average molecular weight is 395 g/mol. The number of para-hydroxylation sites is 1. The van der Waals surface area contributed by atoms with Crippen LogP contribution in [0.25, 0.3) is 33.5 Å². The first kappa shape index (κ1) is 18.4. The highest BCUT2D eigenvalue weighted by atomic mass is 16.2. The molecular weight excluding hydrogens is 374 g/mol. The number of rotatable bonds is 3. The van der Waals surface area contributed by atoms with E-state index >= 15 is 0 Å². The smallest absolute Gasteiger partial charge is 0.254 e. The van der Waals surface area contributed by atoms with E-state index in [2.05, 4.69) is 15.0 Å². The van der Waals surface area contributed by atoms with Crippen molar-refractivity contribution in [1.82, 2.24) is 24.8 Å². The first-order chi connectivity index (χ1) is 14.7. The van der Waals surface area contributed by atoms with E-state index in [4.69, 9.17) is 4.98 Å². The highest BCUT2D eigenvalue weighted by Crippen LogP contribution is 2.28. The molecule has 6 nitrogen and oxygen atoms in total. The lowest BCUT2D eigenvalue weighted by molar-refractivity contribution is 0.0794. The highest BCUT2D eigenvalue weighted by Gasteiger charge is 2.23. The zero-order chi connectivity index (χ0) is 20.5. The molecule has 4 aromatic rings. The molecule has 0 spiro atoms. The number of benzene rings is 1. The largest absolute Gasteiger partial charge is 0.339 e. The number of carbonyl (C=O) groups excluding carboxylic acids is 1. The van der Waals surface area contributed by atoms with Crippen LogP contribution in [0, 0.1) is 6.92 Å². The molecule has 5 rings (SSSR count). The third-order valence-electron chi connectivity index (χ3n) is 5.55. The summed E-state index contributed by atoms with van der Waals surface area (Å²) in [5.74, 6) is 0.701. The van der Waals surface area contributed by atoms with Crippen LogP contribution in [0.3, 0.4) is 0 Å². The van der Waals surface area contributed by atoms with Crippen molar-refractivity contribution < 1.29 is 4.79 Å². The van der Waals surface area contributed by atoms with E-state index in [-0.39, 0.29) is 5.91 Å². The van der Waals surface area contributed by atoms with Crippen LogP contribution in [0.4, 0.5) is 0 Å². The topological polar surface area (TPSA) is 71.9 Å². The number of carbonyl (C=O) groups is 1. The highest BCUT2D eigenvalue weighted by molar-refractivity contribution is 6.07. The van der Waals surface area contributed by atoms with Crippen molar-refractivity contribution in [3.63, 3.8) is 0 Å². The van der Waals surface area contributed by atoms with Crippen molar-refractivity contribution in [3.05, 3.63) is 72.3 Å². The quantitative estimate of drug-likeness (QED) is 0.517. The van der Waals surface area contributed by atoms with Crippen LogP contribution >= 0.6 is 0 Å². The van der Waals surface area contributed by atoms with Gasteiger partial charge in [0, 0.05) is 54.4 Å². The number of likely N-dealkylation sites (tertiary alicyclic amines) is 1. The molecule has 1 aliphatic heterocycles. The van der Waals surface area contributed by atoms with Crippen LogP contribution in [0.15, 0.2) is 61.2 Å². The van der Waals surface area contributed by atoms with Crippen LogP contribution in [-0.2, 0) is 0 Å². The van der Waals surface area contributed by atoms with Crippen LogP contribution in [0.2, 0.25) is 0 Å². The Bertz CT molecular complexity index is 1220. The van der Waals surface area contributed by atoms with Gasteiger partial charge in [0.25, 0.3) is 5.91 Å². The summed E-state index contributed by atoms with van der Waals surface area (Å²) in [5, 5.41) is 0.893. The summed E-state index contributed by atoms with van der Waals surface area (Å²) in [6, 6.07) is 11.6. The zero-order valence-corrected chi connectivity index (χ0v) is 16.7. The van der Waals surface area contributed by atoms with E-state index in [9.17, 15) is 4.79 Å². The number of pyridine rings is 2. The summed E-state index contributed by atoms with van der Waals surface area (Å²) < 4.78 is 0. The Kier molecular flexibility index (Phi) is 4.67. The van der Waals surface area contributed by atoms with Gasteiger partial charge in [-0.05, 0) is 43.5 Å². The van der Waals surface area contributed by atoms with Gasteiger partial charge in [0.2, 0.25) is 0 Å². The van der Waals surface area contributed by atoms with Crippen molar-refractivity contribution in [1.29, 1.82) is 0 Å². The van der Waals surface area contributed by atoms with Crippen molar-refractivity contribution >= 4 is 16.8 Å². The molecule has 1 saturated heterocycles. The summed E-state index contributed by atoms with van der Waals surface area (Å²) in [6.45, 7) is 3.65. The van der Waals surface area contributed by atoms with Gasteiger partial charge in [0.05, 0.1) is 16.8 Å². The summed E-state index contributed by atoms with van der Waals surface area (Å²) >= 11 is 0. The SMILES string of the molecule is Cc1cccc2c(C(=O)N3CCCC3)cc(-c3cnc(-c4ccncc4)nc3)nc12. The number of nitrogens with zero attached hydrogens (tertiary/aromatic N) is 5. The molecule has 4 heterocycles. The molecule has 0 radical (unpaired) electrons. The second kappa shape index (κ2) is 7.63. The minimum atomic E-state index is 0.0704. The predicted molar refractivity (Wildman–Crippen MR) is 116 cm³/mol. The molecule has 0 N–H and O–H groups in total. The maximum atomic E-state index is 13.3. The molecule has 1 fully saturated rings. The van der Waals surface area contributed by atoms with E-state index in [1.165, 1.54) is 0 Å². The van der Waals surface area contributed by atoms with Gasteiger partial charge in [0.15, 0.2) is 5.82 Å². The molecular formula is C24H21N5O. The fraction of sp³-hybridized carbons (Fsp3) is 0.208. The molecule has 6 heteroatoms. The molecule has 0 atom stereocenters. The van der Waals surface area contributed by atoms with Gasteiger partial charge in [-0.3, -0.25) is 9.78 Å². The fourth-order valence-electron chi connectivity index (χ4n) is 3.92. The molecule has 0 unspecified atom stereocenters. The fourth-order valence-corrected chi connectivity index (χ4v) is 3.92. The van der Waals surface area contributed by atoms with Crippen LogP contribution < -0.4 is 0 Å². The lowest BCUT2D eigenvalue weighted by atomic mass is 10.0. The molecule has 1 aromatic carbocycles. The van der Waals surface area contributed by atoms with Gasteiger partial charge in [0.1, 0.15) is 0 Å². The Morgan fingerprint density at radius 2 is 1.70 bits per heavy atom. The molecule has 30 heavy (non-hydrogen) atoms. The monoisotopic (exact) mass is 395 g/mol. The van der Waals surface area contributed by atoms with Gasteiger partial charge in [-0.25, -0.2) is 15.0 Å². The maximum Gasteiger partial charge on any atom is 0.254 e. The number of hydrogen-bond donors (Lipinski definition) is 0. The summed E-state index contributed by atoms with van der Waals surface area (Å²) in [6.07, 6.45) is 9.08. The van der Waals surface area contributed by atoms with Gasteiger partial charge >= 0.3 is 0 Å². The number of fused-ring (bicyclic) bond motifs is 1. The number of aryl methyl sites for hydroxylation is 1. The Morgan fingerprint density at radius 3 is 2.43 bits per heavy atom. The standard InChI is InChI=1S/C24H21N5O/c1-16-5-4-6-19-20(24(30)29-11-2-3-12-29)13-21(28-22(16)19)18-14-26-23(27-15-18)17-7-9-25-10-8-17/h4-10,13-15H,2-3,11-12H2,1H3. The molecule has 1 aliphatic rings. The van der Waals surface area contributed by atoms with Gasteiger partial charge in [-0.15, -0.1) is 0 Å². The molecule has 0 aliphatic carbocycles. The predicted octanol–water partition coefficient (Wildman–Crippen LogP) is 4.30. The average Bonchev–Trinajstić information content (AvgIpc) is 3.34. The second-order valence-electron chi connectivity index (χ2n) is 7.56.